The van der Waals surface area contributed by atoms with Crippen LogP contribution in [0.5, 0.6) is 5.75 Å². The summed E-state index contributed by atoms with van der Waals surface area (Å²) in [6, 6.07) is 8.55. The molecule has 3 N–H and O–H groups in total. The average molecular weight is 375 g/mol. The van der Waals surface area contributed by atoms with Crippen molar-refractivity contribution in [2.75, 3.05) is 7.11 Å². The number of benzene rings is 1. The van der Waals surface area contributed by atoms with Gasteiger partial charge in [0.1, 0.15) is 16.4 Å². The summed E-state index contributed by atoms with van der Waals surface area (Å²) in [6.45, 7) is 0.277. The normalized spacial score (nSPS) is 11.6. The Balaban J connectivity index is 2.15. The molecule has 0 atom stereocenters. The minimum atomic E-state index is -3.68. The van der Waals surface area contributed by atoms with Crippen LogP contribution < -0.4 is 15.2 Å². The van der Waals surface area contributed by atoms with Crippen molar-refractivity contribution in [3.8, 4) is 5.75 Å². The van der Waals surface area contributed by atoms with Gasteiger partial charge in [-0.25, -0.2) is 13.1 Å². The number of halogens is 1. The highest BCUT2D eigenvalue weighted by atomic mass is 79.9. The zero-order chi connectivity index (χ0) is 15.5. The van der Waals surface area contributed by atoms with Gasteiger partial charge in [-0.05, 0) is 33.6 Å². The van der Waals surface area contributed by atoms with E-state index < -0.39 is 10.0 Å². The summed E-state index contributed by atoms with van der Waals surface area (Å²) in [6.07, 6.45) is 0. The van der Waals surface area contributed by atoms with Crippen molar-refractivity contribution in [1.82, 2.24) is 4.72 Å². The van der Waals surface area contributed by atoms with Gasteiger partial charge in [-0.1, -0.05) is 12.1 Å². The molecular weight excluding hydrogens is 360 g/mol. The van der Waals surface area contributed by atoms with Gasteiger partial charge >= 0.3 is 0 Å². The lowest BCUT2D eigenvalue weighted by Gasteiger charge is -2.07. The van der Waals surface area contributed by atoms with E-state index in [1.54, 1.807) is 31.4 Å². The molecule has 0 unspecified atom stereocenters. The van der Waals surface area contributed by atoms with Gasteiger partial charge in [0.2, 0.25) is 10.0 Å². The van der Waals surface area contributed by atoms with E-state index in [0.29, 0.717) is 11.5 Å². The summed E-state index contributed by atoms with van der Waals surface area (Å²) in [7, 11) is -2.13. The number of nitrogens with two attached hydrogens (primary N) is 1. The van der Waals surface area contributed by atoms with Crippen molar-refractivity contribution < 1.29 is 17.6 Å². The maximum atomic E-state index is 12.2. The number of methoxy groups -OCH3 is 1. The summed E-state index contributed by atoms with van der Waals surface area (Å²) in [4.78, 5) is 0.0332. The number of hydrogen-bond donors (Lipinski definition) is 2. The van der Waals surface area contributed by atoms with E-state index in [9.17, 15) is 8.42 Å². The Morgan fingerprint density at radius 3 is 2.76 bits per heavy atom. The molecule has 0 spiro atoms. The van der Waals surface area contributed by atoms with Crippen LogP contribution in [0.15, 0.2) is 44.3 Å². The van der Waals surface area contributed by atoms with E-state index >= 15 is 0 Å². The van der Waals surface area contributed by atoms with Gasteiger partial charge < -0.3 is 14.9 Å². The van der Waals surface area contributed by atoms with Crippen molar-refractivity contribution in [1.29, 1.82) is 0 Å². The number of rotatable bonds is 6. The SMILES string of the molecule is COc1cccc(CNS(=O)(=O)c2cc(CN)oc2Br)c1. The highest BCUT2D eigenvalue weighted by Crippen LogP contribution is 2.26. The Labute approximate surface area is 131 Å². The Hall–Kier alpha value is -1.35. The lowest BCUT2D eigenvalue weighted by atomic mass is 10.2. The summed E-state index contributed by atoms with van der Waals surface area (Å²) in [5.74, 6) is 1.06. The Kier molecular flexibility index (Phi) is 5.04. The molecule has 6 nitrogen and oxygen atoms in total. The monoisotopic (exact) mass is 374 g/mol. The van der Waals surface area contributed by atoms with Crippen LogP contribution in [-0.2, 0) is 23.1 Å². The Bertz CT molecular complexity index is 728. The molecule has 21 heavy (non-hydrogen) atoms. The minimum Gasteiger partial charge on any atom is -0.497 e. The molecule has 1 heterocycles. The number of nitrogens with one attached hydrogen (secondary N) is 1. The van der Waals surface area contributed by atoms with Gasteiger partial charge in [-0.15, -0.1) is 0 Å². The van der Waals surface area contributed by atoms with Crippen molar-refractivity contribution >= 4 is 26.0 Å². The Morgan fingerprint density at radius 1 is 1.38 bits per heavy atom. The van der Waals surface area contributed by atoms with Crippen LogP contribution >= 0.6 is 15.9 Å². The molecule has 0 aliphatic heterocycles. The molecule has 0 amide bonds. The maximum Gasteiger partial charge on any atom is 0.245 e. The molecule has 0 saturated carbocycles. The number of ether oxygens (including phenoxy) is 1. The van der Waals surface area contributed by atoms with Crippen LogP contribution in [0.25, 0.3) is 0 Å². The topological polar surface area (TPSA) is 94.6 Å². The second kappa shape index (κ2) is 6.61. The summed E-state index contributed by atoms with van der Waals surface area (Å²) < 4.78 is 37.4. The van der Waals surface area contributed by atoms with E-state index in [4.69, 9.17) is 14.9 Å². The standard InChI is InChI=1S/C13H15BrN2O4S/c1-19-10-4-2-3-9(5-10)8-16-21(17,18)12-6-11(7-15)20-13(12)14/h2-6,16H,7-8,15H2,1H3. The second-order valence-corrected chi connectivity index (χ2v) is 6.69. The van der Waals surface area contributed by atoms with Crippen LogP contribution in [0.1, 0.15) is 11.3 Å². The summed E-state index contributed by atoms with van der Waals surface area (Å²) in [5, 5.41) is 0. The largest absolute Gasteiger partial charge is 0.497 e. The van der Waals surface area contributed by atoms with Crippen LogP contribution in [-0.4, -0.2) is 15.5 Å². The average Bonchev–Trinajstić information content (AvgIpc) is 2.87. The van der Waals surface area contributed by atoms with E-state index in [-0.39, 0.29) is 22.7 Å². The van der Waals surface area contributed by atoms with E-state index in [0.717, 1.165) is 5.56 Å². The highest BCUT2D eigenvalue weighted by Gasteiger charge is 2.21. The zero-order valence-electron chi connectivity index (χ0n) is 11.3. The van der Waals surface area contributed by atoms with Gasteiger partial charge in [0.25, 0.3) is 0 Å². The van der Waals surface area contributed by atoms with Gasteiger partial charge in [-0.2, -0.15) is 0 Å². The predicted octanol–water partition coefficient (Wildman–Crippen LogP) is 1.99. The Morgan fingerprint density at radius 2 is 2.14 bits per heavy atom. The highest BCUT2D eigenvalue weighted by molar-refractivity contribution is 9.10. The first-order valence-electron chi connectivity index (χ1n) is 6.07. The third-order valence-electron chi connectivity index (χ3n) is 2.80. The summed E-state index contributed by atoms with van der Waals surface area (Å²) >= 11 is 3.08. The smallest absolute Gasteiger partial charge is 0.245 e. The quantitative estimate of drug-likeness (QED) is 0.805. The number of hydrogen-bond acceptors (Lipinski definition) is 5. The first kappa shape index (κ1) is 16.0. The molecule has 0 fully saturated rings. The van der Waals surface area contributed by atoms with Gasteiger partial charge in [-0.3, -0.25) is 0 Å². The fraction of sp³-hybridized carbons (Fsp3) is 0.231. The third kappa shape index (κ3) is 3.85. The molecule has 2 rings (SSSR count). The van der Waals surface area contributed by atoms with Crippen LogP contribution in [0.4, 0.5) is 0 Å². The second-order valence-electron chi connectivity index (χ2n) is 4.23. The molecule has 0 aliphatic rings. The molecule has 0 bridgehead atoms. The minimum absolute atomic E-state index is 0.0332. The maximum absolute atomic E-state index is 12.2. The number of furan rings is 1. The third-order valence-corrected chi connectivity index (χ3v) is 5.06. The van der Waals surface area contributed by atoms with Crippen molar-refractivity contribution in [3.05, 3.63) is 46.3 Å². The predicted molar refractivity (Wildman–Crippen MR) is 81.3 cm³/mol. The lowest BCUT2D eigenvalue weighted by molar-refractivity contribution is 0.414. The van der Waals surface area contributed by atoms with Crippen molar-refractivity contribution in [2.45, 2.75) is 18.0 Å². The fourth-order valence-electron chi connectivity index (χ4n) is 1.72. The zero-order valence-corrected chi connectivity index (χ0v) is 13.7. The fourth-order valence-corrected chi connectivity index (χ4v) is 3.73. The van der Waals surface area contributed by atoms with Gasteiger partial charge in [0.05, 0.1) is 13.7 Å². The van der Waals surface area contributed by atoms with E-state index in [2.05, 4.69) is 20.7 Å². The first-order valence-corrected chi connectivity index (χ1v) is 8.34. The first-order chi connectivity index (χ1) is 9.96. The van der Waals surface area contributed by atoms with Crippen LogP contribution in [0.3, 0.4) is 0 Å². The molecule has 8 heteroatoms. The van der Waals surface area contributed by atoms with Gasteiger partial charge in [0, 0.05) is 12.6 Å². The van der Waals surface area contributed by atoms with Crippen LogP contribution in [0, 0.1) is 0 Å². The van der Waals surface area contributed by atoms with Gasteiger partial charge in [0.15, 0.2) is 4.67 Å². The molecule has 0 saturated heterocycles. The van der Waals surface area contributed by atoms with Crippen LogP contribution in [0.2, 0.25) is 0 Å². The molecule has 0 radical (unpaired) electrons. The summed E-state index contributed by atoms with van der Waals surface area (Å²) in [5.41, 5.74) is 6.22. The molecule has 114 valence electrons. The van der Waals surface area contributed by atoms with E-state index in [1.165, 1.54) is 6.07 Å². The molecule has 2 aromatic rings. The number of sulfonamides is 1. The lowest BCUT2D eigenvalue weighted by Crippen LogP contribution is -2.23. The van der Waals surface area contributed by atoms with E-state index in [1.807, 2.05) is 0 Å². The van der Waals surface area contributed by atoms with Crippen molar-refractivity contribution in [3.63, 3.8) is 0 Å². The van der Waals surface area contributed by atoms with Crippen molar-refractivity contribution in [2.24, 2.45) is 5.73 Å². The molecule has 1 aromatic carbocycles. The molecule has 0 aliphatic carbocycles. The molecular formula is C13H15BrN2O4S. The molecule has 1 aromatic heterocycles.